The molecule has 0 radical (unpaired) electrons. The highest BCUT2D eigenvalue weighted by Gasteiger charge is 1.96. The van der Waals surface area contributed by atoms with Crippen LogP contribution in [0.25, 0.3) is 11.1 Å². The van der Waals surface area contributed by atoms with Gasteiger partial charge in [-0.05, 0) is 23.3 Å². The Kier molecular flexibility index (Phi) is 3.20. The Morgan fingerprint density at radius 3 is 2.00 bits per heavy atom. The first-order valence-corrected chi connectivity index (χ1v) is 5.54. The zero-order valence-electron chi connectivity index (χ0n) is 8.09. The van der Waals surface area contributed by atoms with Crippen molar-refractivity contribution in [2.75, 3.05) is 0 Å². The van der Waals surface area contributed by atoms with Crippen LogP contribution in [0.3, 0.4) is 0 Å². The monoisotopic (exact) mass is 214 g/mol. The molecule has 2 aromatic rings. The number of hydrogen-bond donors (Lipinski definition) is 0. The number of carbonyl (C=O) groups excluding carboxylic acids is 1. The molecule has 2 aromatic carbocycles. The molecule has 2 heteroatoms. The van der Waals surface area contributed by atoms with Crippen LogP contribution in [0.1, 0.15) is 0 Å². The molecule has 0 aliphatic rings. The molecule has 0 saturated heterocycles. The molecule has 15 heavy (non-hydrogen) atoms. The molecule has 0 heterocycles. The predicted octanol–water partition coefficient (Wildman–Crippen LogP) is 3.64. The van der Waals surface area contributed by atoms with Crippen molar-refractivity contribution in [2.45, 2.75) is 4.90 Å². The SMILES string of the molecule is O=CSc1ccc(-c2ccccc2)cc1. The van der Waals surface area contributed by atoms with Crippen LogP contribution in [0.15, 0.2) is 59.5 Å². The molecule has 0 spiro atoms. The van der Waals surface area contributed by atoms with Gasteiger partial charge in [-0.3, -0.25) is 4.79 Å². The Morgan fingerprint density at radius 1 is 0.800 bits per heavy atom. The normalized spacial score (nSPS) is 9.87. The molecule has 0 unspecified atom stereocenters. The first-order valence-electron chi connectivity index (χ1n) is 4.66. The van der Waals surface area contributed by atoms with E-state index < -0.39 is 0 Å². The highest BCUT2D eigenvalue weighted by molar-refractivity contribution is 8.11. The third-order valence-electron chi connectivity index (χ3n) is 2.15. The Bertz CT molecular complexity index is 434. The fourth-order valence-corrected chi connectivity index (χ4v) is 1.82. The van der Waals surface area contributed by atoms with Crippen molar-refractivity contribution < 1.29 is 4.79 Å². The van der Waals surface area contributed by atoms with E-state index >= 15 is 0 Å². The summed E-state index contributed by atoms with van der Waals surface area (Å²) in [5.74, 6) is 0. The summed E-state index contributed by atoms with van der Waals surface area (Å²) in [4.78, 5) is 11.3. The molecule has 0 atom stereocenters. The van der Waals surface area contributed by atoms with Gasteiger partial charge in [0.25, 0.3) is 0 Å². The van der Waals surface area contributed by atoms with Gasteiger partial charge in [-0.25, -0.2) is 0 Å². The summed E-state index contributed by atoms with van der Waals surface area (Å²) >= 11 is 1.20. The summed E-state index contributed by atoms with van der Waals surface area (Å²) < 4.78 is 0. The van der Waals surface area contributed by atoms with Gasteiger partial charge in [0.15, 0.2) is 5.62 Å². The van der Waals surface area contributed by atoms with Crippen molar-refractivity contribution in [1.82, 2.24) is 0 Å². The highest BCUT2D eigenvalue weighted by atomic mass is 32.2. The number of hydrogen-bond acceptors (Lipinski definition) is 2. The number of benzene rings is 2. The van der Waals surface area contributed by atoms with Crippen molar-refractivity contribution >= 4 is 17.4 Å². The molecule has 0 amide bonds. The lowest BCUT2D eigenvalue weighted by molar-refractivity contribution is 0.570. The Morgan fingerprint density at radius 2 is 1.40 bits per heavy atom. The average Bonchev–Trinajstić information content (AvgIpc) is 2.32. The maximum Gasteiger partial charge on any atom is 0.180 e. The molecule has 0 aliphatic carbocycles. The maximum atomic E-state index is 10.3. The zero-order valence-corrected chi connectivity index (χ0v) is 8.91. The van der Waals surface area contributed by atoms with Crippen LogP contribution in [0.2, 0.25) is 0 Å². The molecular weight excluding hydrogens is 204 g/mol. The van der Waals surface area contributed by atoms with Crippen LogP contribution in [-0.4, -0.2) is 5.62 Å². The second kappa shape index (κ2) is 4.80. The van der Waals surface area contributed by atoms with Gasteiger partial charge in [-0.2, -0.15) is 0 Å². The van der Waals surface area contributed by atoms with Crippen molar-refractivity contribution in [3.05, 3.63) is 54.6 Å². The van der Waals surface area contributed by atoms with E-state index in [1.54, 1.807) is 0 Å². The molecule has 0 aromatic heterocycles. The maximum absolute atomic E-state index is 10.3. The summed E-state index contributed by atoms with van der Waals surface area (Å²) in [7, 11) is 0. The molecule has 0 fully saturated rings. The molecule has 1 nitrogen and oxygen atoms in total. The lowest BCUT2D eigenvalue weighted by atomic mass is 10.1. The minimum Gasteiger partial charge on any atom is -0.291 e. The fourth-order valence-electron chi connectivity index (χ4n) is 1.41. The van der Waals surface area contributed by atoms with E-state index in [0.29, 0.717) is 0 Å². The summed E-state index contributed by atoms with van der Waals surface area (Å²) in [6.45, 7) is 0. The number of thioether (sulfide) groups is 1. The summed E-state index contributed by atoms with van der Waals surface area (Å²) in [5, 5.41) is 0. The van der Waals surface area contributed by atoms with Gasteiger partial charge < -0.3 is 0 Å². The quantitative estimate of drug-likeness (QED) is 0.573. The second-order valence-electron chi connectivity index (χ2n) is 3.10. The van der Waals surface area contributed by atoms with Crippen LogP contribution < -0.4 is 0 Å². The van der Waals surface area contributed by atoms with E-state index in [4.69, 9.17) is 0 Å². The summed E-state index contributed by atoms with van der Waals surface area (Å²) in [6, 6.07) is 18.2. The molecule has 2 rings (SSSR count). The minimum absolute atomic E-state index is 0.845. The van der Waals surface area contributed by atoms with Gasteiger partial charge in [-0.1, -0.05) is 54.2 Å². The van der Waals surface area contributed by atoms with Gasteiger partial charge in [0.2, 0.25) is 0 Å². The largest absolute Gasteiger partial charge is 0.291 e. The highest BCUT2D eigenvalue weighted by Crippen LogP contribution is 2.22. The van der Waals surface area contributed by atoms with Gasteiger partial charge in [0, 0.05) is 4.90 Å². The van der Waals surface area contributed by atoms with E-state index in [0.717, 1.165) is 10.5 Å². The minimum atomic E-state index is 0.845. The smallest absolute Gasteiger partial charge is 0.180 e. The lowest BCUT2D eigenvalue weighted by Crippen LogP contribution is -1.77. The molecule has 0 bridgehead atoms. The number of carbonyl (C=O) groups is 1. The predicted molar refractivity (Wildman–Crippen MR) is 64.5 cm³/mol. The van der Waals surface area contributed by atoms with Crippen molar-refractivity contribution in [3.63, 3.8) is 0 Å². The fraction of sp³-hybridized carbons (Fsp3) is 0. The Labute approximate surface area is 93.1 Å². The van der Waals surface area contributed by atoms with E-state index in [1.807, 2.05) is 42.5 Å². The van der Waals surface area contributed by atoms with E-state index in [1.165, 1.54) is 22.9 Å². The van der Waals surface area contributed by atoms with Gasteiger partial charge in [0.05, 0.1) is 0 Å². The Hall–Kier alpha value is -1.54. The average molecular weight is 214 g/mol. The van der Waals surface area contributed by atoms with Crippen molar-refractivity contribution in [1.29, 1.82) is 0 Å². The third kappa shape index (κ3) is 2.48. The Balaban J connectivity index is 2.28. The standard InChI is InChI=1S/C13H10OS/c14-10-15-13-8-6-12(7-9-13)11-4-2-1-3-5-11/h1-10H. The number of rotatable bonds is 3. The van der Waals surface area contributed by atoms with Crippen molar-refractivity contribution in [3.8, 4) is 11.1 Å². The topological polar surface area (TPSA) is 17.1 Å². The van der Waals surface area contributed by atoms with Crippen LogP contribution in [0.4, 0.5) is 0 Å². The lowest BCUT2D eigenvalue weighted by Gasteiger charge is -2.01. The van der Waals surface area contributed by atoms with Crippen molar-refractivity contribution in [2.24, 2.45) is 0 Å². The van der Waals surface area contributed by atoms with Gasteiger partial charge in [-0.15, -0.1) is 0 Å². The molecule has 74 valence electrons. The first-order chi connectivity index (χ1) is 7.40. The second-order valence-corrected chi connectivity index (χ2v) is 4.00. The van der Waals surface area contributed by atoms with E-state index in [2.05, 4.69) is 12.1 Å². The third-order valence-corrected chi connectivity index (χ3v) is 2.79. The van der Waals surface area contributed by atoms with Gasteiger partial charge >= 0.3 is 0 Å². The summed E-state index contributed by atoms with van der Waals surface area (Å²) in [5.41, 5.74) is 3.21. The van der Waals surface area contributed by atoms with Crippen LogP contribution in [0, 0.1) is 0 Å². The molecule has 0 N–H and O–H groups in total. The van der Waals surface area contributed by atoms with Gasteiger partial charge in [0.1, 0.15) is 0 Å². The zero-order chi connectivity index (χ0) is 10.5. The van der Waals surface area contributed by atoms with E-state index in [-0.39, 0.29) is 0 Å². The van der Waals surface area contributed by atoms with Crippen LogP contribution >= 0.6 is 11.8 Å². The molecule has 0 saturated carbocycles. The van der Waals surface area contributed by atoms with E-state index in [9.17, 15) is 4.79 Å². The first kappa shape index (κ1) is 9.99. The molecule has 0 aliphatic heterocycles. The summed E-state index contributed by atoms with van der Waals surface area (Å²) in [6.07, 6.45) is 0. The molecular formula is C13H10OS. The van der Waals surface area contributed by atoms with Crippen LogP contribution in [0.5, 0.6) is 0 Å². The van der Waals surface area contributed by atoms with Crippen LogP contribution in [-0.2, 0) is 4.79 Å².